The quantitative estimate of drug-likeness (QED) is 0.396. The van der Waals surface area contributed by atoms with Crippen molar-refractivity contribution < 1.29 is 19.1 Å². The summed E-state index contributed by atoms with van der Waals surface area (Å²) in [6.07, 6.45) is 5.36. The van der Waals surface area contributed by atoms with E-state index in [-0.39, 0.29) is 5.92 Å². The number of methoxy groups -OCH3 is 2. The maximum absolute atomic E-state index is 11.5. The molecule has 0 heterocycles. The van der Waals surface area contributed by atoms with Gasteiger partial charge in [-0.25, -0.2) is 0 Å². The molecule has 4 heteroatoms. The van der Waals surface area contributed by atoms with Crippen LogP contribution in [0.25, 0.3) is 0 Å². The fourth-order valence-electron chi connectivity index (χ4n) is 1.49. The van der Waals surface area contributed by atoms with Crippen LogP contribution in [0.2, 0.25) is 0 Å². The van der Waals surface area contributed by atoms with Crippen LogP contribution in [-0.2, 0) is 19.1 Å². The van der Waals surface area contributed by atoms with Gasteiger partial charge in [0.15, 0.2) is 5.92 Å². The zero-order valence-electron chi connectivity index (χ0n) is 10.4. The maximum Gasteiger partial charge on any atom is 0.320 e. The molecule has 0 rings (SSSR count). The second-order valence-electron chi connectivity index (χ2n) is 3.43. The molecule has 0 aromatic heterocycles. The number of hydrogen-bond donors (Lipinski definition) is 0. The number of allylic oxidation sites excluding steroid dienone is 2. The average molecular weight is 228 g/mol. The van der Waals surface area contributed by atoms with Crippen LogP contribution in [0.5, 0.6) is 0 Å². The Kier molecular flexibility index (Phi) is 7.25. The molecule has 0 N–H and O–H groups in total. The third-order valence-corrected chi connectivity index (χ3v) is 2.43. The third kappa shape index (κ3) is 4.04. The largest absolute Gasteiger partial charge is 0.468 e. The topological polar surface area (TPSA) is 52.6 Å². The van der Waals surface area contributed by atoms with Gasteiger partial charge in [-0.3, -0.25) is 9.59 Å². The van der Waals surface area contributed by atoms with Crippen LogP contribution < -0.4 is 0 Å². The lowest BCUT2D eigenvalue weighted by Gasteiger charge is -2.18. The highest BCUT2D eigenvalue weighted by atomic mass is 16.5. The van der Waals surface area contributed by atoms with E-state index >= 15 is 0 Å². The molecule has 0 radical (unpaired) electrons. The van der Waals surface area contributed by atoms with Crippen molar-refractivity contribution >= 4 is 11.9 Å². The molecule has 0 spiro atoms. The second kappa shape index (κ2) is 7.91. The van der Waals surface area contributed by atoms with Gasteiger partial charge in [0.1, 0.15) is 0 Å². The Morgan fingerprint density at radius 3 is 1.94 bits per heavy atom. The first kappa shape index (κ1) is 14.7. The lowest BCUT2D eigenvalue weighted by molar-refractivity contribution is -0.160. The summed E-state index contributed by atoms with van der Waals surface area (Å²) in [5.41, 5.74) is 0. The minimum atomic E-state index is -0.859. The SMILES string of the molecule is CCC=C[C@@H](CC)C(C(=O)OC)C(=O)OC. The first-order valence-corrected chi connectivity index (χ1v) is 5.44. The minimum Gasteiger partial charge on any atom is -0.468 e. The Morgan fingerprint density at radius 1 is 1.12 bits per heavy atom. The van der Waals surface area contributed by atoms with E-state index < -0.39 is 17.9 Å². The van der Waals surface area contributed by atoms with Gasteiger partial charge in [-0.15, -0.1) is 0 Å². The van der Waals surface area contributed by atoms with E-state index in [2.05, 4.69) is 9.47 Å². The lowest BCUT2D eigenvalue weighted by Crippen LogP contribution is -2.32. The molecule has 0 bridgehead atoms. The number of hydrogen-bond acceptors (Lipinski definition) is 4. The molecule has 1 atom stereocenters. The summed E-state index contributed by atoms with van der Waals surface area (Å²) in [7, 11) is 2.54. The summed E-state index contributed by atoms with van der Waals surface area (Å²) >= 11 is 0. The van der Waals surface area contributed by atoms with Crippen LogP contribution in [0.4, 0.5) is 0 Å². The van der Waals surface area contributed by atoms with Gasteiger partial charge in [-0.05, 0) is 12.8 Å². The van der Waals surface area contributed by atoms with Gasteiger partial charge >= 0.3 is 11.9 Å². The summed E-state index contributed by atoms with van der Waals surface area (Å²) in [4.78, 5) is 23.0. The lowest BCUT2D eigenvalue weighted by atomic mass is 9.89. The van der Waals surface area contributed by atoms with Crippen molar-refractivity contribution in [3.63, 3.8) is 0 Å². The Morgan fingerprint density at radius 2 is 1.62 bits per heavy atom. The van der Waals surface area contributed by atoms with Crippen LogP contribution in [0.3, 0.4) is 0 Å². The summed E-state index contributed by atoms with van der Waals surface area (Å²) in [5, 5.41) is 0. The summed E-state index contributed by atoms with van der Waals surface area (Å²) < 4.78 is 9.25. The molecular formula is C12H20O4. The number of esters is 2. The van der Waals surface area contributed by atoms with E-state index in [4.69, 9.17) is 0 Å². The standard InChI is InChI=1S/C12H20O4/c1-5-7-8-9(6-2)10(11(13)15-3)12(14)16-4/h7-10H,5-6H2,1-4H3/t9-/m1/s1. The van der Waals surface area contributed by atoms with Crippen molar-refractivity contribution in [1.82, 2.24) is 0 Å². The predicted molar refractivity (Wildman–Crippen MR) is 60.7 cm³/mol. The summed E-state index contributed by atoms with van der Waals surface area (Å²) in [5.74, 6) is -2.11. The van der Waals surface area contributed by atoms with Gasteiger partial charge in [0, 0.05) is 5.92 Å². The Balaban J connectivity index is 4.90. The van der Waals surface area contributed by atoms with Crippen LogP contribution in [0.1, 0.15) is 26.7 Å². The van der Waals surface area contributed by atoms with E-state index in [0.29, 0.717) is 6.42 Å². The number of ether oxygens (including phenoxy) is 2. The molecule has 92 valence electrons. The van der Waals surface area contributed by atoms with Crippen molar-refractivity contribution in [2.75, 3.05) is 14.2 Å². The Labute approximate surface area is 96.6 Å². The Bertz CT molecular complexity index is 242. The highest BCUT2D eigenvalue weighted by Gasteiger charge is 2.34. The van der Waals surface area contributed by atoms with E-state index in [0.717, 1.165) is 6.42 Å². The van der Waals surface area contributed by atoms with E-state index in [1.54, 1.807) is 0 Å². The van der Waals surface area contributed by atoms with Crippen molar-refractivity contribution in [2.45, 2.75) is 26.7 Å². The molecule has 0 aliphatic carbocycles. The van der Waals surface area contributed by atoms with Gasteiger partial charge in [-0.2, -0.15) is 0 Å². The molecule has 0 amide bonds. The van der Waals surface area contributed by atoms with Crippen LogP contribution in [-0.4, -0.2) is 26.2 Å². The molecular weight excluding hydrogens is 208 g/mol. The van der Waals surface area contributed by atoms with Crippen LogP contribution in [0, 0.1) is 11.8 Å². The van der Waals surface area contributed by atoms with E-state index in [1.165, 1.54) is 14.2 Å². The average Bonchev–Trinajstić information content (AvgIpc) is 2.32. The molecule has 0 aromatic carbocycles. The first-order chi connectivity index (χ1) is 7.62. The summed E-state index contributed by atoms with van der Waals surface area (Å²) in [6, 6.07) is 0. The number of carbonyl (C=O) groups is 2. The smallest absolute Gasteiger partial charge is 0.320 e. The van der Waals surface area contributed by atoms with Crippen molar-refractivity contribution in [2.24, 2.45) is 11.8 Å². The van der Waals surface area contributed by atoms with Crippen molar-refractivity contribution in [3.05, 3.63) is 12.2 Å². The summed E-state index contributed by atoms with van der Waals surface area (Å²) in [6.45, 7) is 3.91. The second-order valence-corrected chi connectivity index (χ2v) is 3.43. The van der Waals surface area contributed by atoms with E-state index in [1.807, 2.05) is 26.0 Å². The molecule has 0 aromatic rings. The molecule has 4 nitrogen and oxygen atoms in total. The molecule has 0 aliphatic heterocycles. The highest BCUT2D eigenvalue weighted by Crippen LogP contribution is 2.20. The molecule has 16 heavy (non-hydrogen) atoms. The molecule has 0 saturated heterocycles. The first-order valence-electron chi connectivity index (χ1n) is 5.44. The van der Waals surface area contributed by atoms with Crippen LogP contribution >= 0.6 is 0 Å². The number of rotatable bonds is 6. The predicted octanol–water partition coefficient (Wildman–Crippen LogP) is 1.94. The fourth-order valence-corrected chi connectivity index (χ4v) is 1.49. The number of carbonyl (C=O) groups excluding carboxylic acids is 2. The monoisotopic (exact) mass is 228 g/mol. The van der Waals surface area contributed by atoms with Gasteiger partial charge in [-0.1, -0.05) is 26.0 Å². The minimum absolute atomic E-state index is 0.167. The van der Waals surface area contributed by atoms with Crippen molar-refractivity contribution in [3.8, 4) is 0 Å². The fraction of sp³-hybridized carbons (Fsp3) is 0.667. The van der Waals surface area contributed by atoms with Crippen molar-refractivity contribution in [1.29, 1.82) is 0 Å². The van der Waals surface area contributed by atoms with Gasteiger partial charge in [0.2, 0.25) is 0 Å². The molecule has 0 fully saturated rings. The zero-order valence-corrected chi connectivity index (χ0v) is 10.4. The zero-order chi connectivity index (χ0) is 12.6. The van der Waals surface area contributed by atoms with Gasteiger partial charge in [0.25, 0.3) is 0 Å². The molecule has 0 saturated carbocycles. The maximum atomic E-state index is 11.5. The molecule has 0 aliphatic rings. The highest BCUT2D eigenvalue weighted by molar-refractivity contribution is 5.95. The Hall–Kier alpha value is -1.32. The molecule has 0 unspecified atom stereocenters. The third-order valence-electron chi connectivity index (χ3n) is 2.43. The van der Waals surface area contributed by atoms with E-state index in [9.17, 15) is 9.59 Å². The van der Waals surface area contributed by atoms with Gasteiger partial charge < -0.3 is 9.47 Å². The van der Waals surface area contributed by atoms with Crippen LogP contribution in [0.15, 0.2) is 12.2 Å². The van der Waals surface area contributed by atoms with Gasteiger partial charge in [0.05, 0.1) is 14.2 Å². The normalized spacial score (nSPS) is 12.8.